The third kappa shape index (κ3) is 4.22. The molecule has 0 fully saturated rings. The summed E-state index contributed by atoms with van der Waals surface area (Å²) in [4.78, 5) is 20.7. The van der Waals surface area contributed by atoms with Crippen LogP contribution < -0.4 is 10.1 Å². The molecule has 1 atom stereocenters. The van der Waals surface area contributed by atoms with Crippen LogP contribution in [0.25, 0.3) is 11.3 Å². The molecule has 2 heterocycles. The summed E-state index contributed by atoms with van der Waals surface area (Å²) in [5.41, 5.74) is 2.56. The molecule has 0 spiro atoms. The van der Waals surface area contributed by atoms with Gasteiger partial charge in [-0.25, -0.2) is 4.39 Å². The van der Waals surface area contributed by atoms with Crippen molar-refractivity contribution in [3.05, 3.63) is 78.5 Å². The first-order chi connectivity index (χ1) is 12.6. The van der Waals surface area contributed by atoms with Gasteiger partial charge in [0.2, 0.25) is 0 Å². The molecule has 0 aliphatic heterocycles. The second-order valence-electron chi connectivity index (χ2n) is 5.66. The van der Waals surface area contributed by atoms with Gasteiger partial charge in [0, 0.05) is 30.7 Å². The molecule has 5 nitrogen and oxygen atoms in total. The Hall–Kier alpha value is -3.28. The quantitative estimate of drug-likeness (QED) is 0.740. The lowest BCUT2D eigenvalue weighted by Gasteiger charge is -2.16. The Labute approximate surface area is 150 Å². The molecule has 0 radical (unpaired) electrons. The number of rotatable bonds is 6. The van der Waals surface area contributed by atoms with E-state index in [2.05, 4.69) is 15.3 Å². The van der Waals surface area contributed by atoms with Crippen LogP contribution in [0.1, 0.15) is 12.5 Å². The maximum absolute atomic E-state index is 13.6. The second kappa shape index (κ2) is 8.20. The van der Waals surface area contributed by atoms with Crippen LogP contribution in [0.5, 0.6) is 5.75 Å². The van der Waals surface area contributed by atoms with Crippen LogP contribution >= 0.6 is 0 Å². The predicted molar refractivity (Wildman–Crippen MR) is 95.8 cm³/mol. The van der Waals surface area contributed by atoms with Crippen LogP contribution in [0, 0.1) is 5.82 Å². The number of para-hydroxylation sites is 1. The van der Waals surface area contributed by atoms with Gasteiger partial charge in [-0.05, 0) is 42.8 Å². The minimum Gasteiger partial charge on any atom is -0.478 e. The van der Waals surface area contributed by atoms with Crippen LogP contribution in [0.2, 0.25) is 0 Å². The number of benzene rings is 1. The molecular formula is C20H18FN3O2. The Morgan fingerprint density at radius 1 is 1.12 bits per heavy atom. The van der Waals surface area contributed by atoms with Crippen LogP contribution in [-0.4, -0.2) is 22.0 Å². The van der Waals surface area contributed by atoms with Crippen molar-refractivity contribution >= 4 is 5.91 Å². The zero-order valence-corrected chi connectivity index (χ0v) is 14.2. The van der Waals surface area contributed by atoms with Gasteiger partial charge in [0.1, 0.15) is 0 Å². The van der Waals surface area contributed by atoms with E-state index < -0.39 is 11.9 Å². The van der Waals surface area contributed by atoms with E-state index in [0.29, 0.717) is 0 Å². The van der Waals surface area contributed by atoms with Crippen LogP contribution in [0.4, 0.5) is 4.39 Å². The van der Waals surface area contributed by atoms with E-state index in [4.69, 9.17) is 4.74 Å². The largest absolute Gasteiger partial charge is 0.478 e. The van der Waals surface area contributed by atoms with E-state index in [0.717, 1.165) is 16.8 Å². The van der Waals surface area contributed by atoms with Crippen molar-refractivity contribution in [1.29, 1.82) is 0 Å². The normalized spacial score (nSPS) is 11.6. The highest BCUT2D eigenvalue weighted by Crippen LogP contribution is 2.20. The highest BCUT2D eigenvalue weighted by molar-refractivity contribution is 5.81. The first-order valence-electron chi connectivity index (χ1n) is 8.18. The van der Waals surface area contributed by atoms with Crippen LogP contribution in [0.3, 0.4) is 0 Å². The number of hydrogen-bond acceptors (Lipinski definition) is 4. The molecule has 0 aliphatic rings. The van der Waals surface area contributed by atoms with Crippen LogP contribution in [-0.2, 0) is 11.3 Å². The number of amides is 1. The van der Waals surface area contributed by atoms with E-state index in [1.807, 2.05) is 24.3 Å². The van der Waals surface area contributed by atoms with Gasteiger partial charge in [-0.3, -0.25) is 14.8 Å². The number of nitrogens with zero attached hydrogens (tertiary/aromatic N) is 2. The summed E-state index contributed by atoms with van der Waals surface area (Å²) in [5, 5.41) is 2.81. The lowest BCUT2D eigenvalue weighted by atomic mass is 10.1. The second-order valence-corrected chi connectivity index (χ2v) is 5.66. The van der Waals surface area contributed by atoms with Gasteiger partial charge in [-0.2, -0.15) is 0 Å². The molecule has 0 aliphatic carbocycles. The molecule has 3 aromatic rings. The topological polar surface area (TPSA) is 64.1 Å². The minimum absolute atomic E-state index is 0.0500. The van der Waals surface area contributed by atoms with Crippen molar-refractivity contribution in [2.45, 2.75) is 19.6 Å². The SMILES string of the molecule is CC(Oc1ccccc1F)C(=O)NCc1cccnc1-c1ccncc1. The van der Waals surface area contributed by atoms with Crippen molar-refractivity contribution < 1.29 is 13.9 Å². The van der Waals surface area contributed by atoms with Crippen molar-refractivity contribution in [1.82, 2.24) is 15.3 Å². The number of halogens is 1. The monoisotopic (exact) mass is 351 g/mol. The number of nitrogens with one attached hydrogen (secondary N) is 1. The molecule has 1 aromatic carbocycles. The Bertz CT molecular complexity index is 887. The first-order valence-corrected chi connectivity index (χ1v) is 8.18. The Morgan fingerprint density at radius 2 is 1.88 bits per heavy atom. The number of carbonyl (C=O) groups is 1. The van der Waals surface area contributed by atoms with Gasteiger partial charge in [-0.1, -0.05) is 18.2 Å². The molecule has 2 aromatic heterocycles. The lowest BCUT2D eigenvalue weighted by molar-refractivity contribution is -0.127. The molecular weight excluding hydrogens is 333 g/mol. The van der Waals surface area contributed by atoms with Gasteiger partial charge < -0.3 is 10.1 Å². The van der Waals surface area contributed by atoms with E-state index in [1.54, 1.807) is 37.6 Å². The average Bonchev–Trinajstić information content (AvgIpc) is 2.68. The summed E-state index contributed by atoms with van der Waals surface area (Å²) < 4.78 is 19.0. The van der Waals surface area contributed by atoms with E-state index in [1.165, 1.54) is 12.1 Å². The molecule has 0 bridgehead atoms. The summed E-state index contributed by atoms with van der Waals surface area (Å²) >= 11 is 0. The minimum atomic E-state index is -0.826. The summed E-state index contributed by atoms with van der Waals surface area (Å²) in [5.74, 6) is -0.786. The van der Waals surface area contributed by atoms with Gasteiger partial charge in [0.25, 0.3) is 5.91 Å². The third-order valence-corrected chi connectivity index (χ3v) is 3.81. The molecule has 3 rings (SSSR count). The first kappa shape index (κ1) is 17.5. The molecule has 0 saturated heterocycles. The number of pyridine rings is 2. The van der Waals surface area contributed by atoms with Gasteiger partial charge >= 0.3 is 0 Å². The maximum atomic E-state index is 13.6. The van der Waals surface area contributed by atoms with Gasteiger partial charge in [-0.15, -0.1) is 0 Å². The van der Waals surface area contributed by atoms with E-state index in [9.17, 15) is 9.18 Å². The third-order valence-electron chi connectivity index (χ3n) is 3.81. The number of hydrogen-bond donors (Lipinski definition) is 1. The number of ether oxygens (including phenoxy) is 1. The summed E-state index contributed by atoms with van der Waals surface area (Å²) in [6.45, 7) is 1.87. The highest BCUT2D eigenvalue weighted by atomic mass is 19.1. The molecule has 26 heavy (non-hydrogen) atoms. The number of aromatic nitrogens is 2. The number of carbonyl (C=O) groups excluding carboxylic acids is 1. The molecule has 1 unspecified atom stereocenters. The molecule has 1 amide bonds. The summed E-state index contributed by atoms with van der Waals surface area (Å²) in [6, 6.07) is 13.4. The highest BCUT2D eigenvalue weighted by Gasteiger charge is 2.17. The van der Waals surface area contributed by atoms with E-state index >= 15 is 0 Å². The van der Waals surface area contributed by atoms with Gasteiger partial charge in [0.05, 0.1) is 5.69 Å². The fraction of sp³-hybridized carbons (Fsp3) is 0.150. The zero-order valence-electron chi connectivity index (χ0n) is 14.2. The Morgan fingerprint density at radius 3 is 2.65 bits per heavy atom. The van der Waals surface area contributed by atoms with Gasteiger partial charge in [0.15, 0.2) is 17.7 Å². The smallest absolute Gasteiger partial charge is 0.261 e. The predicted octanol–water partition coefficient (Wildman–Crippen LogP) is 3.37. The maximum Gasteiger partial charge on any atom is 0.261 e. The average molecular weight is 351 g/mol. The Balaban J connectivity index is 1.66. The standard InChI is InChI=1S/C20H18FN3O2/c1-14(26-18-7-3-2-6-17(18)21)20(25)24-13-16-5-4-10-23-19(16)15-8-11-22-12-9-15/h2-12,14H,13H2,1H3,(H,24,25). The van der Waals surface area contributed by atoms with Crippen molar-refractivity contribution in [2.24, 2.45) is 0 Å². The lowest BCUT2D eigenvalue weighted by Crippen LogP contribution is -2.36. The van der Waals surface area contributed by atoms with Crippen LogP contribution in [0.15, 0.2) is 67.1 Å². The van der Waals surface area contributed by atoms with Crippen molar-refractivity contribution in [3.8, 4) is 17.0 Å². The summed E-state index contributed by atoms with van der Waals surface area (Å²) in [6.07, 6.45) is 4.26. The zero-order chi connectivity index (χ0) is 18.4. The fourth-order valence-corrected chi connectivity index (χ4v) is 2.46. The molecule has 1 N–H and O–H groups in total. The molecule has 6 heteroatoms. The fourth-order valence-electron chi connectivity index (χ4n) is 2.46. The molecule has 0 saturated carbocycles. The summed E-state index contributed by atoms with van der Waals surface area (Å²) in [7, 11) is 0. The Kier molecular flexibility index (Phi) is 5.53. The van der Waals surface area contributed by atoms with Crippen molar-refractivity contribution in [2.75, 3.05) is 0 Å². The van der Waals surface area contributed by atoms with E-state index in [-0.39, 0.29) is 18.2 Å². The molecule has 132 valence electrons. The van der Waals surface area contributed by atoms with Crippen molar-refractivity contribution in [3.63, 3.8) is 0 Å².